The van der Waals surface area contributed by atoms with Crippen molar-refractivity contribution in [2.75, 3.05) is 51.3 Å². The van der Waals surface area contributed by atoms with Crippen molar-refractivity contribution in [1.82, 2.24) is 25.0 Å². The molecule has 1 aromatic heterocycles. The van der Waals surface area contributed by atoms with Crippen LogP contribution in [-0.4, -0.2) is 72.1 Å². The molecule has 0 bridgehead atoms. The Kier molecular flexibility index (Phi) is 7.93. The van der Waals surface area contributed by atoms with Crippen LogP contribution in [-0.2, 0) is 18.3 Å². The number of hydrogen-bond donors (Lipinski definition) is 1. The van der Waals surface area contributed by atoms with E-state index in [4.69, 9.17) is 21.3 Å². The summed E-state index contributed by atoms with van der Waals surface area (Å²) >= 11 is 6.22. The smallest absolute Gasteiger partial charge is 0.194 e. The van der Waals surface area contributed by atoms with Gasteiger partial charge in [0.05, 0.1) is 0 Å². The second kappa shape index (κ2) is 10.6. The number of methoxy groups -OCH3 is 1. The molecule has 3 rings (SSSR count). The van der Waals surface area contributed by atoms with Crippen molar-refractivity contribution in [3.63, 3.8) is 0 Å². The van der Waals surface area contributed by atoms with Crippen LogP contribution in [0.25, 0.3) is 0 Å². The Bertz CT molecular complexity index is 859. The van der Waals surface area contributed by atoms with E-state index >= 15 is 0 Å². The minimum absolute atomic E-state index is 0.498. The summed E-state index contributed by atoms with van der Waals surface area (Å²) < 4.78 is 7.15. The number of rotatable bonds is 7. The third-order valence-corrected chi connectivity index (χ3v) is 5.69. The number of aromatic nitrogens is 3. The summed E-state index contributed by atoms with van der Waals surface area (Å²) in [5.41, 5.74) is 2.46. The zero-order chi connectivity index (χ0) is 21.5. The molecule has 0 unspecified atom stereocenters. The van der Waals surface area contributed by atoms with Gasteiger partial charge in [-0.05, 0) is 38.0 Å². The van der Waals surface area contributed by atoms with Crippen LogP contribution in [0.2, 0.25) is 5.02 Å². The lowest BCUT2D eigenvalue weighted by molar-refractivity contribution is 0.195. The lowest BCUT2D eigenvalue weighted by Gasteiger charge is -2.38. The fourth-order valence-corrected chi connectivity index (χ4v) is 3.67. The molecule has 1 aromatic carbocycles. The molecule has 1 aliphatic rings. The number of anilines is 1. The Morgan fingerprint density at radius 1 is 1.20 bits per heavy atom. The number of ether oxygens (including phenoxy) is 1. The molecule has 1 aliphatic heterocycles. The molecule has 30 heavy (non-hydrogen) atoms. The molecule has 164 valence electrons. The Labute approximate surface area is 183 Å². The first-order valence-corrected chi connectivity index (χ1v) is 10.8. The maximum Gasteiger partial charge on any atom is 0.194 e. The average Bonchev–Trinajstić information content (AvgIpc) is 3.07. The van der Waals surface area contributed by atoms with E-state index in [0.29, 0.717) is 6.54 Å². The van der Waals surface area contributed by atoms with Gasteiger partial charge in [0.1, 0.15) is 12.4 Å². The molecular weight excluding hydrogens is 402 g/mol. The summed E-state index contributed by atoms with van der Waals surface area (Å²) in [7, 11) is 3.69. The van der Waals surface area contributed by atoms with Crippen LogP contribution in [0.15, 0.2) is 23.2 Å². The van der Waals surface area contributed by atoms with Crippen LogP contribution in [0.3, 0.4) is 0 Å². The van der Waals surface area contributed by atoms with Crippen LogP contribution >= 0.6 is 11.6 Å². The first-order chi connectivity index (χ1) is 14.5. The van der Waals surface area contributed by atoms with E-state index in [2.05, 4.69) is 44.4 Å². The molecule has 1 N–H and O–H groups in total. The van der Waals surface area contributed by atoms with E-state index in [-0.39, 0.29) is 0 Å². The summed E-state index contributed by atoms with van der Waals surface area (Å²) in [4.78, 5) is 9.55. The van der Waals surface area contributed by atoms with Gasteiger partial charge in [0.15, 0.2) is 11.8 Å². The summed E-state index contributed by atoms with van der Waals surface area (Å²) in [6.45, 7) is 9.73. The van der Waals surface area contributed by atoms with Gasteiger partial charge in [0, 0.05) is 64.2 Å². The fraction of sp³-hybridized carbons (Fsp3) is 0.571. The zero-order valence-electron chi connectivity index (χ0n) is 18.4. The molecule has 0 saturated carbocycles. The van der Waals surface area contributed by atoms with E-state index < -0.39 is 0 Å². The molecule has 0 spiro atoms. The predicted octanol–water partition coefficient (Wildman–Crippen LogP) is 2.39. The molecule has 9 heteroatoms. The largest absolute Gasteiger partial charge is 0.385 e. The maximum absolute atomic E-state index is 6.22. The average molecular weight is 434 g/mol. The van der Waals surface area contributed by atoms with Crippen molar-refractivity contribution in [2.24, 2.45) is 12.0 Å². The Balaban J connectivity index is 1.66. The highest BCUT2D eigenvalue weighted by molar-refractivity contribution is 6.30. The molecule has 0 aliphatic carbocycles. The molecule has 0 amide bonds. The monoisotopic (exact) mass is 433 g/mol. The molecule has 1 fully saturated rings. The molecule has 2 heterocycles. The minimum Gasteiger partial charge on any atom is -0.385 e. The van der Waals surface area contributed by atoms with Crippen molar-refractivity contribution < 1.29 is 4.74 Å². The number of nitrogens with one attached hydrogen (secondary N) is 1. The van der Waals surface area contributed by atoms with Gasteiger partial charge in [0.25, 0.3) is 0 Å². The number of hydrogen-bond acceptors (Lipinski definition) is 5. The first kappa shape index (κ1) is 22.4. The molecule has 1 saturated heterocycles. The number of guanidine groups is 1. The minimum atomic E-state index is 0.498. The lowest BCUT2D eigenvalue weighted by atomic mass is 10.1. The fourth-order valence-electron chi connectivity index (χ4n) is 3.50. The van der Waals surface area contributed by atoms with Crippen molar-refractivity contribution in [3.8, 4) is 0 Å². The van der Waals surface area contributed by atoms with Crippen LogP contribution in [0.4, 0.5) is 5.69 Å². The van der Waals surface area contributed by atoms with E-state index in [9.17, 15) is 0 Å². The zero-order valence-corrected chi connectivity index (χ0v) is 19.1. The van der Waals surface area contributed by atoms with E-state index in [1.54, 1.807) is 7.11 Å². The Morgan fingerprint density at radius 3 is 2.63 bits per heavy atom. The maximum atomic E-state index is 6.22. The van der Waals surface area contributed by atoms with Gasteiger partial charge in [-0.1, -0.05) is 17.7 Å². The number of nitrogens with zero attached hydrogens (tertiary/aromatic N) is 6. The number of aryl methyl sites for hydroxylation is 2. The van der Waals surface area contributed by atoms with Gasteiger partial charge in [0.2, 0.25) is 0 Å². The van der Waals surface area contributed by atoms with Gasteiger partial charge < -0.3 is 24.4 Å². The molecular formula is C21H32ClN7O. The van der Waals surface area contributed by atoms with Crippen LogP contribution < -0.4 is 10.2 Å². The van der Waals surface area contributed by atoms with Gasteiger partial charge in [-0.2, -0.15) is 0 Å². The number of benzene rings is 1. The number of piperazine rings is 1. The van der Waals surface area contributed by atoms with Crippen LogP contribution in [0, 0.1) is 13.8 Å². The van der Waals surface area contributed by atoms with Crippen LogP contribution in [0.1, 0.15) is 23.6 Å². The van der Waals surface area contributed by atoms with Crippen molar-refractivity contribution in [1.29, 1.82) is 0 Å². The predicted molar refractivity (Wildman–Crippen MR) is 121 cm³/mol. The van der Waals surface area contributed by atoms with Crippen LogP contribution in [0.5, 0.6) is 0 Å². The van der Waals surface area contributed by atoms with Crippen molar-refractivity contribution in [2.45, 2.75) is 26.8 Å². The molecule has 2 aromatic rings. The summed E-state index contributed by atoms with van der Waals surface area (Å²) in [5.74, 6) is 2.66. The lowest BCUT2D eigenvalue weighted by Crippen LogP contribution is -2.53. The number of halogens is 1. The summed E-state index contributed by atoms with van der Waals surface area (Å²) in [5, 5.41) is 12.6. The van der Waals surface area contributed by atoms with Crippen molar-refractivity contribution >= 4 is 23.2 Å². The highest BCUT2D eigenvalue weighted by Crippen LogP contribution is 2.25. The highest BCUT2D eigenvalue weighted by Gasteiger charge is 2.21. The van der Waals surface area contributed by atoms with Gasteiger partial charge in [-0.3, -0.25) is 0 Å². The molecule has 8 nitrogen and oxygen atoms in total. The van der Waals surface area contributed by atoms with E-state index in [1.807, 2.05) is 24.6 Å². The second-order valence-electron chi connectivity index (χ2n) is 7.54. The SMILES string of the molecule is COCCCNC(=NCc1nnc(C)n1C)N1CCN(c2cc(Cl)ccc2C)CC1. The quantitative estimate of drug-likeness (QED) is 0.410. The van der Waals surface area contributed by atoms with Gasteiger partial charge in [-0.15, -0.1) is 10.2 Å². The second-order valence-corrected chi connectivity index (χ2v) is 7.98. The van der Waals surface area contributed by atoms with E-state index in [1.165, 1.54) is 11.3 Å². The normalized spacial score (nSPS) is 15.0. The number of aliphatic imine (C=N–C) groups is 1. The Morgan fingerprint density at radius 2 is 1.97 bits per heavy atom. The van der Waals surface area contributed by atoms with Crippen molar-refractivity contribution in [3.05, 3.63) is 40.4 Å². The first-order valence-electron chi connectivity index (χ1n) is 10.4. The third-order valence-electron chi connectivity index (χ3n) is 5.45. The Hall–Kier alpha value is -2.32. The summed E-state index contributed by atoms with van der Waals surface area (Å²) in [6.07, 6.45) is 0.931. The van der Waals surface area contributed by atoms with Gasteiger partial charge >= 0.3 is 0 Å². The van der Waals surface area contributed by atoms with E-state index in [0.717, 1.165) is 68.4 Å². The molecule has 0 radical (unpaired) electrons. The topological polar surface area (TPSA) is 70.8 Å². The highest BCUT2D eigenvalue weighted by atomic mass is 35.5. The third kappa shape index (κ3) is 5.64. The molecule has 0 atom stereocenters. The standard InChI is InChI=1S/C21H32ClN7O/c1-16-6-7-18(22)14-19(16)28-9-11-29(12-10-28)21(23-8-5-13-30-4)24-15-20-26-25-17(2)27(20)3/h6-7,14H,5,8-13,15H2,1-4H3,(H,23,24). The summed E-state index contributed by atoms with van der Waals surface area (Å²) in [6, 6.07) is 6.08. The van der Waals surface area contributed by atoms with Gasteiger partial charge in [-0.25, -0.2) is 4.99 Å².